The van der Waals surface area contributed by atoms with Crippen LogP contribution in [0.1, 0.15) is 29.8 Å². The zero-order chi connectivity index (χ0) is 19.3. The fraction of sp³-hybridized carbons (Fsp3) is 0.150. The lowest BCUT2D eigenvalue weighted by Gasteiger charge is -2.09. The smallest absolute Gasteiger partial charge is 0.251 e. The van der Waals surface area contributed by atoms with Crippen molar-refractivity contribution in [2.24, 2.45) is 0 Å². The van der Waals surface area contributed by atoms with Crippen molar-refractivity contribution >= 4 is 29.0 Å². The first-order chi connectivity index (χ1) is 12.3. The van der Waals surface area contributed by atoms with E-state index in [1.807, 2.05) is 6.92 Å². The Morgan fingerprint density at radius 1 is 0.962 bits per heavy atom. The van der Waals surface area contributed by atoms with Crippen LogP contribution in [0, 0.1) is 6.92 Å². The van der Waals surface area contributed by atoms with E-state index in [0.717, 1.165) is 5.56 Å². The number of hydrogen-bond donors (Lipinski definition) is 3. The summed E-state index contributed by atoms with van der Waals surface area (Å²) in [7, 11) is 0. The molecule has 3 N–H and O–H groups in total. The van der Waals surface area contributed by atoms with E-state index in [1.165, 1.54) is 26.0 Å². The lowest BCUT2D eigenvalue weighted by atomic mass is 10.1. The fourth-order valence-electron chi connectivity index (χ4n) is 2.20. The number of carbonyl (C=O) groups excluding carboxylic acids is 3. The summed E-state index contributed by atoms with van der Waals surface area (Å²) in [6, 6.07) is 11.3. The van der Waals surface area contributed by atoms with Gasteiger partial charge < -0.3 is 15.7 Å². The number of benzene rings is 2. The second-order valence-corrected chi connectivity index (χ2v) is 5.92. The zero-order valence-electron chi connectivity index (χ0n) is 14.8. The standard InChI is InChI=1S/C20H20N2O4/c1-12-4-9-18(24)17(10-12)22-20(26)13(2)11-19(25)21-16-7-5-15(6-8-16)14(3)23/h4-11,24H,1-3H3,(H,21,25)(H,22,26)/b13-11-. The molecule has 26 heavy (non-hydrogen) atoms. The maximum absolute atomic E-state index is 12.2. The first kappa shape index (κ1) is 18.9. The number of amides is 2. The van der Waals surface area contributed by atoms with Gasteiger partial charge in [0, 0.05) is 22.9 Å². The second-order valence-electron chi connectivity index (χ2n) is 5.92. The summed E-state index contributed by atoms with van der Waals surface area (Å²) in [5.41, 5.74) is 2.41. The molecule has 0 spiro atoms. The predicted octanol–water partition coefficient (Wildman–Crippen LogP) is 3.43. The van der Waals surface area contributed by atoms with Gasteiger partial charge in [0.05, 0.1) is 5.69 Å². The van der Waals surface area contributed by atoms with Crippen LogP contribution in [0.4, 0.5) is 11.4 Å². The van der Waals surface area contributed by atoms with Crippen LogP contribution in [-0.4, -0.2) is 22.7 Å². The summed E-state index contributed by atoms with van der Waals surface area (Å²) in [5.74, 6) is -1.07. The van der Waals surface area contributed by atoms with Crippen LogP contribution in [0.5, 0.6) is 5.75 Å². The molecule has 0 aliphatic carbocycles. The molecular weight excluding hydrogens is 332 g/mol. The van der Waals surface area contributed by atoms with Gasteiger partial charge in [0.2, 0.25) is 5.91 Å². The van der Waals surface area contributed by atoms with Gasteiger partial charge in [0.25, 0.3) is 5.91 Å². The Labute approximate surface area is 151 Å². The van der Waals surface area contributed by atoms with Gasteiger partial charge in [-0.15, -0.1) is 0 Å². The van der Waals surface area contributed by atoms with Crippen LogP contribution in [-0.2, 0) is 9.59 Å². The van der Waals surface area contributed by atoms with Gasteiger partial charge >= 0.3 is 0 Å². The molecular formula is C20H20N2O4. The van der Waals surface area contributed by atoms with Crippen molar-refractivity contribution in [3.05, 3.63) is 65.2 Å². The Morgan fingerprint density at radius 3 is 2.23 bits per heavy atom. The topological polar surface area (TPSA) is 95.5 Å². The first-order valence-electron chi connectivity index (χ1n) is 7.97. The summed E-state index contributed by atoms with van der Waals surface area (Å²) in [4.78, 5) is 35.4. The maximum atomic E-state index is 12.2. The molecule has 0 saturated carbocycles. The third kappa shape index (κ3) is 5.04. The Morgan fingerprint density at radius 2 is 1.62 bits per heavy atom. The number of phenols is 1. The summed E-state index contributed by atoms with van der Waals surface area (Å²) >= 11 is 0. The molecule has 2 rings (SSSR count). The molecule has 0 heterocycles. The van der Waals surface area contributed by atoms with E-state index in [4.69, 9.17) is 0 Å². The highest BCUT2D eigenvalue weighted by molar-refractivity contribution is 6.10. The molecule has 0 aliphatic rings. The van der Waals surface area contributed by atoms with E-state index in [1.54, 1.807) is 36.4 Å². The molecule has 6 heteroatoms. The molecule has 0 unspecified atom stereocenters. The average molecular weight is 352 g/mol. The van der Waals surface area contributed by atoms with Gasteiger partial charge in [0.15, 0.2) is 5.78 Å². The fourth-order valence-corrected chi connectivity index (χ4v) is 2.20. The Bertz CT molecular complexity index is 883. The van der Waals surface area contributed by atoms with E-state index in [0.29, 0.717) is 11.3 Å². The van der Waals surface area contributed by atoms with Crippen LogP contribution in [0.25, 0.3) is 0 Å². The molecule has 0 atom stereocenters. The van der Waals surface area contributed by atoms with Crippen molar-refractivity contribution in [2.75, 3.05) is 10.6 Å². The largest absolute Gasteiger partial charge is 0.506 e. The van der Waals surface area contributed by atoms with E-state index in [9.17, 15) is 19.5 Å². The minimum Gasteiger partial charge on any atom is -0.506 e. The predicted molar refractivity (Wildman–Crippen MR) is 100 cm³/mol. The van der Waals surface area contributed by atoms with Crippen molar-refractivity contribution in [2.45, 2.75) is 20.8 Å². The van der Waals surface area contributed by atoms with Crippen molar-refractivity contribution in [1.82, 2.24) is 0 Å². The molecule has 0 bridgehead atoms. The minimum absolute atomic E-state index is 0.0493. The molecule has 134 valence electrons. The first-order valence-corrected chi connectivity index (χ1v) is 7.97. The normalized spacial score (nSPS) is 11.0. The van der Waals surface area contributed by atoms with Gasteiger partial charge in [-0.1, -0.05) is 6.07 Å². The number of ketones is 1. The molecule has 0 radical (unpaired) electrons. The molecule has 2 aromatic carbocycles. The lowest BCUT2D eigenvalue weighted by Crippen LogP contribution is -2.16. The number of rotatable bonds is 5. The minimum atomic E-state index is -0.493. The van der Waals surface area contributed by atoms with E-state index >= 15 is 0 Å². The maximum Gasteiger partial charge on any atom is 0.251 e. The number of anilines is 2. The highest BCUT2D eigenvalue weighted by Crippen LogP contribution is 2.24. The Kier molecular flexibility index (Phi) is 5.90. The highest BCUT2D eigenvalue weighted by atomic mass is 16.3. The quantitative estimate of drug-likeness (QED) is 0.436. The number of nitrogens with one attached hydrogen (secondary N) is 2. The molecule has 0 saturated heterocycles. The molecule has 2 aromatic rings. The van der Waals surface area contributed by atoms with Crippen molar-refractivity contribution in [3.63, 3.8) is 0 Å². The Balaban J connectivity index is 2.03. The highest BCUT2D eigenvalue weighted by Gasteiger charge is 2.10. The van der Waals surface area contributed by atoms with Gasteiger partial charge in [-0.25, -0.2) is 0 Å². The SMILES string of the molecule is CC(=O)c1ccc(NC(=O)/C=C(/C)C(=O)Nc2cc(C)ccc2O)cc1. The molecule has 2 amide bonds. The van der Waals surface area contributed by atoms with Crippen LogP contribution >= 0.6 is 0 Å². The molecule has 0 aliphatic heterocycles. The van der Waals surface area contributed by atoms with Crippen molar-refractivity contribution in [1.29, 1.82) is 0 Å². The number of aryl methyl sites for hydroxylation is 1. The van der Waals surface area contributed by atoms with Crippen LogP contribution in [0.15, 0.2) is 54.1 Å². The molecule has 6 nitrogen and oxygen atoms in total. The summed E-state index contributed by atoms with van der Waals surface area (Å²) in [6.07, 6.45) is 1.17. The van der Waals surface area contributed by atoms with E-state index in [2.05, 4.69) is 10.6 Å². The third-order valence-corrected chi connectivity index (χ3v) is 3.66. The summed E-state index contributed by atoms with van der Waals surface area (Å²) < 4.78 is 0. The zero-order valence-corrected chi connectivity index (χ0v) is 14.8. The summed E-state index contributed by atoms with van der Waals surface area (Å²) in [5, 5.41) is 15.0. The Hall–Kier alpha value is -3.41. The van der Waals surface area contributed by atoms with Crippen LogP contribution < -0.4 is 10.6 Å². The summed E-state index contributed by atoms with van der Waals surface area (Å²) in [6.45, 7) is 4.80. The number of aromatic hydroxyl groups is 1. The van der Waals surface area contributed by atoms with Crippen molar-refractivity contribution < 1.29 is 19.5 Å². The van der Waals surface area contributed by atoms with Gasteiger partial charge in [0.1, 0.15) is 5.75 Å². The van der Waals surface area contributed by atoms with Gasteiger partial charge in [-0.3, -0.25) is 14.4 Å². The van der Waals surface area contributed by atoms with Gasteiger partial charge in [-0.2, -0.15) is 0 Å². The second kappa shape index (κ2) is 8.11. The van der Waals surface area contributed by atoms with Crippen molar-refractivity contribution in [3.8, 4) is 5.75 Å². The average Bonchev–Trinajstić information content (AvgIpc) is 2.58. The molecule has 0 fully saturated rings. The third-order valence-electron chi connectivity index (χ3n) is 3.66. The van der Waals surface area contributed by atoms with Crippen LogP contribution in [0.3, 0.4) is 0 Å². The number of hydrogen-bond acceptors (Lipinski definition) is 4. The van der Waals surface area contributed by atoms with Gasteiger partial charge in [-0.05, 0) is 62.7 Å². The number of carbonyl (C=O) groups is 3. The van der Waals surface area contributed by atoms with Crippen LogP contribution in [0.2, 0.25) is 0 Å². The van der Waals surface area contributed by atoms with E-state index < -0.39 is 11.8 Å². The number of phenolic OH excluding ortho intramolecular Hbond substituents is 1. The number of Topliss-reactive ketones (excluding diaryl/α,β-unsaturated/α-hetero) is 1. The molecule has 0 aromatic heterocycles. The van der Waals surface area contributed by atoms with E-state index in [-0.39, 0.29) is 22.8 Å². The lowest BCUT2D eigenvalue weighted by molar-refractivity contribution is -0.114. The monoisotopic (exact) mass is 352 g/mol.